The standard InChI is InChI=1S/C10H20N4O/c1-4-6-14-10(7-12-13-14)9(8-15-3)11-5-2/h7,9,11H,4-6,8H2,1-3H3. The summed E-state index contributed by atoms with van der Waals surface area (Å²) in [5.74, 6) is 0. The van der Waals surface area contributed by atoms with Crippen LogP contribution in [0.15, 0.2) is 6.20 Å². The van der Waals surface area contributed by atoms with Gasteiger partial charge in [0.2, 0.25) is 0 Å². The Kier molecular flexibility index (Phi) is 5.28. The molecule has 0 aliphatic heterocycles. The van der Waals surface area contributed by atoms with Gasteiger partial charge in [-0.3, -0.25) is 0 Å². The topological polar surface area (TPSA) is 52.0 Å². The zero-order valence-electron chi connectivity index (χ0n) is 9.73. The molecule has 0 amide bonds. The lowest BCUT2D eigenvalue weighted by atomic mass is 10.2. The fraction of sp³-hybridized carbons (Fsp3) is 0.800. The van der Waals surface area contributed by atoms with Gasteiger partial charge in [-0.1, -0.05) is 19.1 Å². The molecular weight excluding hydrogens is 192 g/mol. The molecule has 1 aromatic rings. The summed E-state index contributed by atoms with van der Waals surface area (Å²) in [7, 11) is 1.71. The second-order valence-corrected chi connectivity index (χ2v) is 3.45. The van der Waals surface area contributed by atoms with Crippen molar-refractivity contribution in [1.82, 2.24) is 20.3 Å². The number of hydrogen-bond donors (Lipinski definition) is 1. The van der Waals surface area contributed by atoms with Crippen molar-refractivity contribution < 1.29 is 4.74 Å². The molecule has 1 unspecified atom stereocenters. The van der Waals surface area contributed by atoms with Crippen LogP contribution in [0.2, 0.25) is 0 Å². The van der Waals surface area contributed by atoms with E-state index in [0.717, 1.165) is 25.2 Å². The van der Waals surface area contributed by atoms with Crippen molar-refractivity contribution in [3.05, 3.63) is 11.9 Å². The molecule has 1 aromatic heterocycles. The van der Waals surface area contributed by atoms with Crippen LogP contribution < -0.4 is 5.32 Å². The number of rotatable bonds is 7. The van der Waals surface area contributed by atoms with Gasteiger partial charge >= 0.3 is 0 Å². The summed E-state index contributed by atoms with van der Waals surface area (Å²) < 4.78 is 7.12. The Hall–Kier alpha value is -0.940. The lowest BCUT2D eigenvalue weighted by Gasteiger charge is -2.17. The number of ether oxygens (including phenoxy) is 1. The van der Waals surface area contributed by atoms with Crippen molar-refractivity contribution in [1.29, 1.82) is 0 Å². The van der Waals surface area contributed by atoms with Crippen molar-refractivity contribution in [2.45, 2.75) is 32.9 Å². The van der Waals surface area contributed by atoms with E-state index in [1.165, 1.54) is 0 Å². The molecule has 0 aromatic carbocycles. The number of nitrogens with zero attached hydrogens (tertiary/aromatic N) is 3. The van der Waals surface area contributed by atoms with Crippen molar-refractivity contribution in [2.75, 3.05) is 20.3 Å². The van der Waals surface area contributed by atoms with E-state index in [1.807, 2.05) is 10.9 Å². The smallest absolute Gasteiger partial charge is 0.0780 e. The number of nitrogens with one attached hydrogen (secondary N) is 1. The maximum atomic E-state index is 5.18. The number of methoxy groups -OCH3 is 1. The van der Waals surface area contributed by atoms with Gasteiger partial charge in [-0.05, 0) is 13.0 Å². The first-order chi connectivity index (χ1) is 7.33. The van der Waals surface area contributed by atoms with E-state index >= 15 is 0 Å². The molecule has 5 heteroatoms. The van der Waals surface area contributed by atoms with Gasteiger partial charge in [0.25, 0.3) is 0 Å². The molecule has 1 N–H and O–H groups in total. The first-order valence-electron chi connectivity index (χ1n) is 5.44. The van der Waals surface area contributed by atoms with Gasteiger partial charge in [0.1, 0.15) is 0 Å². The van der Waals surface area contributed by atoms with Crippen LogP contribution in [0.5, 0.6) is 0 Å². The summed E-state index contributed by atoms with van der Waals surface area (Å²) in [6.07, 6.45) is 2.87. The molecule has 86 valence electrons. The van der Waals surface area contributed by atoms with E-state index in [9.17, 15) is 0 Å². The van der Waals surface area contributed by atoms with Crippen LogP contribution in [0.25, 0.3) is 0 Å². The fourth-order valence-corrected chi connectivity index (χ4v) is 1.58. The summed E-state index contributed by atoms with van der Waals surface area (Å²) >= 11 is 0. The lowest BCUT2D eigenvalue weighted by Crippen LogP contribution is -2.27. The van der Waals surface area contributed by atoms with Gasteiger partial charge in [-0.25, -0.2) is 4.68 Å². The molecule has 0 saturated heterocycles. The van der Waals surface area contributed by atoms with E-state index in [1.54, 1.807) is 7.11 Å². The van der Waals surface area contributed by atoms with Gasteiger partial charge in [0, 0.05) is 13.7 Å². The molecule has 0 aliphatic rings. The monoisotopic (exact) mass is 212 g/mol. The van der Waals surface area contributed by atoms with Gasteiger partial charge in [-0.2, -0.15) is 0 Å². The maximum absolute atomic E-state index is 5.18. The summed E-state index contributed by atoms with van der Waals surface area (Å²) in [6, 6.07) is 0.182. The van der Waals surface area contributed by atoms with Crippen LogP contribution in [0.1, 0.15) is 32.0 Å². The Bertz CT molecular complexity index is 268. The van der Waals surface area contributed by atoms with Crippen LogP contribution >= 0.6 is 0 Å². The molecule has 0 fully saturated rings. The molecule has 1 heterocycles. The third kappa shape index (κ3) is 3.28. The van der Waals surface area contributed by atoms with Crippen molar-refractivity contribution in [2.24, 2.45) is 0 Å². The third-order valence-electron chi connectivity index (χ3n) is 2.22. The SMILES string of the molecule is CCCn1nncc1C(COC)NCC. The quantitative estimate of drug-likeness (QED) is 0.732. The normalized spacial score (nSPS) is 13.0. The minimum absolute atomic E-state index is 0.182. The molecule has 1 atom stereocenters. The second kappa shape index (κ2) is 6.53. The summed E-state index contributed by atoms with van der Waals surface area (Å²) in [5, 5.41) is 11.4. The highest BCUT2D eigenvalue weighted by molar-refractivity contribution is 5.02. The zero-order chi connectivity index (χ0) is 11.1. The molecule has 0 radical (unpaired) electrons. The average molecular weight is 212 g/mol. The highest BCUT2D eigenvalue weighted by Crippen LogP contribution is 2.11. The van der Waals surface area contributed by atoms with E-state index in [-0.39, 0.29) is 6.04 Å². The first kappa shape index (κ1) is 12.1. The summed E-state index contributed by atoms with van der Waals surface area (Å²) in [4.78, 5) is 0. The fourth-order valence-electron chi connectivity index (χ4n) is 1.58. The Morgan fingerprint density at radius 2 is 2.33 bits per heavy atom. The third-order valence-corrected chi connectivity index (χ3v) is 2.22. The van der Waals surface area contributed by atoms with Gasteiger partial charge in [0.05, 0.1) is 24.5 Å². The van der Waals surface area contributed by atoms with Gasteiger partial charge in [-0.15, -0.1) is 5.10 Å². The van der Waals surface area contributed by atoms with E-state index < -0.39 is 0 Å². The number of aromatic nitrogens is 3. The summed E-state index contributed by atoms with van der Waals surface area (Å²) in [6.45, 7) is 6.66. The molecule has 0 bridgehead atoms. The first-order valence-corrected chi connectivity index (χ1v) is 5.44. The van der Waals surface area contributed by atoms with Crippen LogP contribution in [-0.4, -0.2) is 35.3 Å². The molecule has 15 heavy (non-hydrogen) atoms. The van der Waals surface area contributed by atoms with E-state index in [2.05, 4.69) is 29.5 Å². The zero-order valence-corrected chi connectivity index (χ0v) is 9.73. The summed E-state index contributed by atoms with van der Waals surface area (Å²) in [5.41, 5.74) is 1.10. The molecule has 5 nitrogen and oxygen atoms in total. The Labute approximate surface area is 90.8 Å². The van der Waals surface area contributed by atoms with Crippen molar-refractivity contribution >= 4 is 0 Å². The molecule has 0 saturated carbocycles. The molecule has 1 rings (SSSR count). The largest absolute Gasteiger partial charge is 0.383 e. The minimum Gasteiger partial charge on any atom is -0.383 e. The van der Waals surface area contributed by atoms with Crippen LogP contribution in [-0.2, 0) is 11.3 Å². The molecule has 0 spiro atoms. The van der Waals surface area contributed by atoms with Crippen LogP contribution in [0.4, 0.5) is 0 Å². The van der Waals surface area contributed by atoms with Gasteiger partial charge in [0.15, 0.2) is 0 Å². The maximum Gasteiger partial charge on any atom is 0.0780 e. The molecular formula is C10H20N4O. The number of hydrogen-bond acceptors (Lipinski definition) is 4. The lowest BCUT2D eigenvalue weighted by molar-refractivity contribution is 0.164. The Balaban J connectivity index is 2.74. The highest BCUT2D eigenvalue weighted by atomic mass is 16.5. The van der Waals surface area contributed by atoms with E-state index in [0.29, 0.717) is 6.61 Å². The van der Waals surface area contributed by atoms with Crippen molar-refractivity contribution in [3.63, 3.8) is 0 Å². The Morgan fingerprint density at radius 1 is 1.53 bits per heavy atom. The second-order valence-electron chi connectivity index (χ2n) is 3.45. The number of aryl methyl sites for hydroxylation is 1. The number of likely N-dealkylation sites (N-methyl/N-ethyl adjacent to an activating group) is 1. The minimum atomic E-state index is 0.182. The highest BCUT2D eigenvalue weighted by Gasteiger charge is 2.15. The molecule has 0 aliphatic carbocycles. The van der Waals surface area contributed by atoms with E-state index in [4.69, 9.17) is 4.74 Å². The Morgan fingerprint density at radius 3 is 2.93 bits per heavy atom. The van der Waals surface area contributed by atoms with Crippen LogP contribution in [0, 0.1) is 0 Å². The average Bonchev–Trinajstić information content (AvgIpc) is 2.66. The predicted molar refractivity (Wildman–Crippen MR) is 58.6 cm³/mol. The van der Waals surface area contributed by atoms with Crippen LogP contribution in [0.3, 0.4) is 0 Å². The predicted octanol–water partition coefficient (Wildman–Crippen LogP) is 0.985. The van der Waals surface area contributed by atoms with Crippen molar-refractivity contribution in [3.8, 4) is 0 Å². The van der Waals surface area contributed by atoms with Gasteiger partial charge < -0.3 is 10.1 Å².